The van der Waals surface area contributed by atoms with Crippen LogP contribution in [0.15, 0.2) is 24.3 Å². The molecule has 0 saturated carbocycles. The molecule has 1 aromatic rings. The van der Waals surface area contributed by atoms with Gasteiger partial charge in [0.1, 0.15) is 0 Å². The summed E-state index contributed by atoms with van der Waals surface area (Å²) in [6.45, 7) is 2.99. The number of sulfonamides is 1. The molecule has 1 N–H and O–H groups in total. The van der Waals surface area contributed by atoms with Crippen LogP contribution in [0.2, 0.25) is 0 Å². The van der Waals surface area contributed by atoms with Crippen molar-refractivity contribution in [1.29, 1.82) is 0 Å². The molecule has 0 unspecified atom stereocenters. The molecule has 15 heavy (non-hydrogen) atoms. The van der Waals surface area contributed by atoms with Crippen LogP contribution in [0, 0.1) is 0 Å². The molecule has 0 spiro atoms. The van der Waals surface area contributed by atoms with Crippen molar-refractivity contribution in [2.24, 2.45) is 0 Å². The van der Waals surface area contributed by atoms with E-state index < -0.39 is 10.0 Å². The van der Waals surface area contributed by atoms with E-state index in [4.69, 9.17) is 0 Å². The molecule has 0 heterocycles. The molecular weight excluding hydrogens is 214 g/mol. The summed E-state index contributed by atoms with van der Waals surface area (Å²) in [7, 11) is -3.28. The lowest BCUT2D eigenvalue weighted by Crippen LogP contribution is -2.14. The van der Waals surface area contributed by atoms with E-state index in [2.05, 4.69) is 4.72 Å². The summed E-state index contributed by atoms with van der Waals surface area (Å²) in [5, 5.41) is 0. The van der Waals surface area contributed by atoms with Gasteiger partial charge in [0.25, 0.3) is 0 Å². The smallest absolute Gasteiger partial charge is 0.232 e. The van der Waals surface area contributed by atoms with Crippen LogP contribution in [0.25, 0.3) is 0 Å². The van der Waals surface area contributed by atoms with Gasteiger partial charge in [-0.3, -0.25) is 9.52 Å². The Kier molecular flexibility index (Phi) is 3.47. The Morgan fingerprint density at radius 1 is 1.40 bits per heavy atom. The van der Waals surface area contributed by atoms with E-state index in [1.807, 2.05) is 0 Å². The van der Waals surface area contributed by atoms with E-state index in [1.165, 1.54) is 13.0 Å². The maximum Gasteiger partial charge on any atom is 0.232 e. The third-order valence-corrected chi connectivity index (χ3v) is 3.23. The minimum absolute atomic E-state index is 0.0112. The maximum atomic E-state index is 11.3. The summed E-state index contributed by atoms with van der Waals surface area (Å²) in [5.41, 5.74) is 0.913. The van der Waals surface area contributed by atoms with Gasteiger partial charge in [-0.2, -0.15) is 0 Å². The first-order valence-electron chi connectivity index (χ1n) is 4.56. The van der Waals surface area contributed by atoms with Crippen molar-refractivity contribution in [3.8, 4) is 0 Å². The van der Waals surface area contributed by atoms with Crippen LogP contribution >= 0.6 is 0 Å². The minimum atomic E-state index is -3.28. The van der Waals surface area contributed by atoms with E-state index in [0.717, 1.165) is 0 Å². The van der Waals surface area contributed by atoms with Gasteiger partial charge in [0.2, 0.25) is 10.0 Å². The number of carbonyl (C=O) groups excluding carboxylic acids is 1. The van der Waals surface area contributed by atoms with Gasteiger partial charge < -0.3 is 0 Å². The standard InChI is InChI=1S/C10H13NO3S/c1-3-15(13,14)11-10-6-4-5-9(7-10)8(2)12/h4-7,11H,3H2,1-2H3. The van der Waals surface area contributed by atoms with E-state index in [9.17, 15) is 13.2 Å². The highest BCUT2D eigenvalue weighted by Crippen LogP contribution is 2.12. The van der Waals surface area contributed by atoms with Crippen LogP contribution in [0.4, 0.5) is 5.69 Å². The number of hydrogen-bond acceptors (Lipinski definition) is 3. The fourth-order valence-electron chi connectivity index (χ4n) is 1.05. The number of Topliss-reactive ketones (excluding diaryl/α,β-unsaturated/α-hetero) is 1. The van der Waals surface area contributed by atoms with Crippen molar-refractivity contribution >= 4 is 21.5 Å². The Bertz CT molecular complexity index is 465. The second kappa shape index (κ2) is 4.44. The topological polar surface area (TPSA) is 63.2 Å². The summed E-state index contributed by atoms with van der Waals surface area (Å²) in [6, 6.07) is 6.42. The molecular formula is C10H13NO3S. The normalized spacial score (nSPS) is 11.1. The van der Waals surface area contributed by atoms with Gasteiger partial charge in [0, 0.05) is 11.3 Å². The van der Waals surface area contributed by atoms with Gasteiger partial charge in [-0.15, -0.1) is 0 Å². The highest BCUT2D eigenvalue weighted by molar-refractivity contribution is 7.92. The van der Waals surface area contributed by atoms with Crippen LogP contribution in [0.3, 0.4) is 0 Å². The summed E-state index contributed by atoms with van der Waals surface area (Å²) in [4.78, 5) is 11.1. The van der Waals surface area contributed by atoms with Crippen molar-refractivity contribution in [3.63, 3.8) is 0 Å². The molecule has 1 rings (SSSR count). The third kappa shape index (κ3) is 3.36. The molecule has 0 aromatic heterocycles. The summed E-state index contributed by atoms with van der Waals surface area (Å²) < 4.78 is 24.9. The Hall–Kier alpha value is -1.36. The van der Waals surface area contributed by atoms with Crippen molar-refractivity contribution in [2.75, 3.05) is 10.5 Å². The first kappa shape index (κ1) is 11.7. The Morgan fingerprint density at radius 2 is 2.07 bits per heavy atom. The van der Waals surface area contributed by atoms with Crippen LogP contribution < -0.4 is 4.72 Å². The summed E-state index contributed by atoms with van der Waals surface area (Å²) >= 11 is 0. The zero-order chi connectivity index (χ0) is 11.5. The van der Waals surface area contributed by atoms with Crippen molar-refractivity contribution in [3.05, 3.63) is 29.8 Å². The lowest BCUT2D eigenvalue weighted by atomic mass is 10.1. The highest BCUT2D eigenvalue weighted by Gasteiger charge is 2.07. The Balaban J connectivity index is 2.97. The van der Waals surface area contributed by atoms with Gasteiger partial charge in [0.15, 0.2) is 5.78 Å². The quantitative estimate of drug-likeness (QED) is 0.795. The Labute approximate surface area is 89.4 Å². The first-order chi connectivity index (χ1) is 6.94. The summed E-state index contributed by atoms with van der Waals surface area (Å²) in [5.74, 6) is -0.0790. The molecule has 1 aromatic carbocycles. The van der Waals surface area contributed by atoms with Crippen LogP contribution in [-0.2, 0) is 10.0 Å². The molecule has 0 aliphatic heterocycles. The Morgan fingerprint density at radius 3 is 2.60 bits per heavy atom. The van der Waals surface area contributed by atoms with E-state index in [0.29, 0.717) is 11.3 Å². The molecule has 0 fully saturated rings. The number of ketones is 1. The average molecular weight is 227 g/mol. The highest BCUT2D eigenvalue weighted by atomic mass is 32.2. The fraction of sp³-hybridized carbons (Fsp3) is 0.300. The van der Waals surface area contributed by atoms with Crippen LogP contribution in [-0.4, -0.2) is 20.0 Å². The lowest BCUT2D eigenvalue weighted by molar-refractivity contribution is 0.101. The zero-order valence-electron chi connectivity index (χ0n) is 8.65. The predicted octanol–water partition coefficient (Wildman–Crippen LogP) is 1.65. The number of rotatable bonds is 4. The van der Waals surface area contributed by atoms with Crippen molar-refractivity contribution in [2.45, 2.75) is 13.8 Å². The van der Waals surface area contributed by atoms with Crippen LogP contribution in [0.5, 0.6) is 0 Å². The van der Waals surface area contributed by atoms with Crippen molar-refractivity contribution < 1.29 is 13.2 Å². The molecule has 5 heteroatoms. The molecule has 0 atom stereocenters. The number of anilines is 1. The first-order valence-corrected chi connectivity index (χ1v) is 6.21. The maximum absolute atomic E-state index is 11.3. The van der Waals surface area contributed by atoms with E-state index >= 15 is 0 Å². The third-order valence-electron chi connectivity index (χ3n) is 1.92. The number of carbonyl (C=O) groups is 1. The zero-order valence-corrected chi connectivity index (χ0v) is 9.47. The monoisotopic (exact) mass is 227 g/mol. The molecule has 0 bridgehead atoms. The second-order valence-electron chi connectivity index (χ2n) is 3.14. The van der Waals surface area contributed by atoms with Gasteiger partial charge >= 0.3 is 0 Å². The molecule has 0 radical (unpaired) electrons. The van der Waals surface area contributed by atoms with Gasteiger partial charge in [-0.05, 0) is 26.0 Å². The predicted molar refractivity (Wildman–Crippen MR) is 59.5 cm³/mol. The number of hydrogen-bond donors (Lipinski definition) is 1. The molecule has 0 aliphatic carbocycles. The lowest BCUT2D eigenvalue weighted by Gasteiger charge is -2.06. The van der Waals surface area contributed by atoms with Gasteiger partial charge in [0.05, 0.1) is 5.75 Å². The minimum Gasteiger partial charge on any atom is -0.295 e. The molecule has 0 saturated heterocycles. The fourth-order valence-corrected chi connectivity index (χ4v) is 1.68. The number of benzene rings is 1. The van der Waals surface area contributed by atoms with E-state index in [-0.39, 0.29) is 11.5 Å². The largest absolute Gasteiger partial charge is 0.295 e. The van der Waals surface area contributed by atoms with E-state index in [1.54, 1.807) is 25.1 Å². The molecule has 0 aliphatic rings. The second-order valence-corrected chi connectivity index (χ2v) is 5.15. The molecule has 4 nitrogen and oxygen atoms in total. The van der Waals surface area contributed by atoms with Crippen LogP contribution in [0.1, 0.15) is 24.2 Å². The average Bonchev–Trinajstić information content (AvgIpc) is 2.17. The van der Waals surface area contributed by atoms with Crippen molar-refractivity contribution in [1.82, 2.24) is 0 Å². The molecule has 0 amide bonds. The molecule has 82 valence electrons. The number of nitrogens with one attached hydrogen (secondary N) is 1. The SMILES string of the molecule is CCS(=O)(=O)Nc1cccc(C(C)=O)c1. The van der Waals surface area contributed by atoms with Gasteiger partial charge in [-0.25, -0.2) is 8.42 Å². The summed E-state index contributed by atoms with van der Waals surface area (Å²) in [6.07, 6.45) is 0. The van der Waals surface area contributed by atoms with Gasteiger partial charge in [-0.1, -0.05) is 12.1 Å².